The van der Waals surface area contributed by atoms with Crippen molar-refractivity contribution in [1.82, 2.24) is 4.72 Å². The Kier molecular flexibility index (Phi) is 6.06. The largest absolute Gasteiger partial charge is 0.573 e. The van der Waals surface area contributed by atoms with Gasteiger partial charge >= 0.3 is 6.36 Å². The number of benzene rings is 1. The average molecular weight is 390 g/mol. The highest BCUT2D eigenvalue weighted by molar-refractivity contribution is 9.10. The van der Waals surface area contributed by atoms with Crippen LogP contribution in [0, 0.1) is 5.92 Å². The van der Waals surface area contributed by atoms with Gasteiger partial charge < -0.3 is 4.74 Å². The van der Waals surface area contributed by atoms with Crippen LogP contribution in [0.25, 0.3) is 0 Å². The first-order chi connectivity index (χ1) is 9.55. The molecule has 4 nitrogen and oxygen atoms in total. The fourth-order valence-corrected chi connectivity index (χ4v) is 2.99. The van der Waals surface area contributed by atoms with Crippen LogP contribution in [0.2, 0.25) is 0 Å². The highest BCUT2D eigenvalue weighted by atomic mass is 79.9. The van der Waals surface area contributed by atoms with E-state index in [0.717, 1.165) is 18.6 Å². The van der Waals surface area contributed by atoms with Gasteiger partial charge in [0, 0.05) is 11.0 Å². The van der Waals surface area contributed by atoms with Crippen LogP contribution >= 0.6 is 15.9 Å². The molecule has 21 heavy (non-hydrogen) atoms. The van der Waals surface area contributed by atoms with Crippen LogP contribution < -0.4 is 9.46 Å². The van der Waals surface area contributed by atoms with E-state index in [0.29, 0.717) is 0 Å². The summed E-state index contributed by atoms with van der Waals surface area (Å²) in [6.07, 6.45) is -4.23. The second-order valence-corrected chi connectivity index (χ2v) is 7.16. The summed E-state index contributed by atoms with van der Waals surface area (Å²) >= 11 is 2.98. The summed E-state index contributed by atoms with van der Waals surface area (Å²) in [5.41, 5.74) is 0. The second kappa shape index (κ2) is 6.97. The van der Waals surface area contributed by atoms with Crippen molar-refractivity contribution in [3.8, 4) is 5.75 Å². The number of hydrogen-bond acceptors (Lipinski definition) is 3. The SMILES string of the molecule is CCC(C)CNS(=O)(=O)c1ccc(Br)cc1OC(F)(F)F. The van der Waals surface area contributed by atoms with Crippen LogP contribution in [0.1, 0.15) is 20.3 Å². The van der Waals surface area contributed by atoms with Gasteiger partial charge in [0.1, 0.15) is 4.90 Å². The molecule has 9 heteroatoms. The molecular formula is C12H15BrF3NO3S. The first kappa shape index (κ1) is 18.2. The Hall–Kier alpha value is -0.800. The van der Waals surface area contributed by atoms with Crippen molar-refractivity contribution in [2.75, 3.05) is 6.54 Å². The lowest BCUT2D eigenvalue weighted by Gasteiger charge is -2.15. The Balaban J connectivity index is 3.11. The molecule has 0 heterocycles. The summed E-state index contributed by atoms with van der Waals surface area (Å²) in [7, 11) is -4.08. The summed E-state index contributed by atoms with van der Waals surface area (Å²) in [4.78, 5) is -0.550. The fourth-order valence-electron chi connectivity index (χ4n) is 1.38. The lowest BCUT2D eigenvalue weighted by Crippen LogP contribution is -2.29. The Morgan fingerprint density at radius 1 is 1.38 bits per heavy atom. The molecular weight excluding hydrogens is 375 g/mol. The molecule has 0 saturated heterocycles. The highest BCUT2D eigenvalue weighted by Crippen LogP contribution is 2.32. The molecule has 1 aromatic rings. The molecule has 1 unspecified atom stereocenters. The Morgan fingerprint density at radius 3 is 2.52 bits per heavy atom. The van der Waals surface area contributed by atoms with Gasteiger partial charge in [-0.15, -0.1) is 13.2 Å². The van der Waals surface area contributed by atoms with Crippen molar-refractivity contribution in [2.24, 2.45) is 5.92 Å². The topological polar surface area (TPSA) is 55.4 Å². The van der Waals surface area contributed by atoms with Gasteiger partial charge in [0.25, 0.3) is 0 Å². The number of nitrogens with one attached hydrogen (secondary N) is 1. The minimum Gasteiger partial charge on any atom is -0.404 e. The van der Waals surface area contributed by atoms with Crippen LogP contribution in [0.5, 0.6) is 5.75 Å². The zero-order valence-electron chi connectivity index (χ0n) is 11.4. The molecule has 0 aromatic heterocycles. The van der Waals surface area contributed by atoms with E-state index in [1.165, 1.54) is 6.07 Å². The number of ether oxygens (including phenoxy) is 1. The van der Waals surface area contributed by atoms with Gasteiger partial charge in [-0.2, -0.15) is 0 Å². The van der Waals surface area contributed by atoms with Crippen LogP contribution in [0.4, 0.5) is 13.2 Å². The monoisotopic (exact) mass is 389 g/mol. The Labute approximate surface area is 129 Å². The van der Waals surface area contributed by atoms with E-state index in [1.54, 1.807) is 0 Å². The van der Waals surface area contributed by atoms with Crippen molar-refractivity contribution in [2.45, 2.75) is 31.5 Å². The zero-order chi connectivity index (χ0) is 16.3. The van der Waals surface area contributed by atoms with Gasteiger partial charge in [0.15, 0.2) is 5.75 Å². The fraction of sp³-hybridized carbons (Fsp3) is 0.500. The summed E-state index contributed by atoms with van der Waals surface area (Å²) in [5, 5.41) is 0. The first-order valence-electron chi connectivity index (χ1n) is 6.10. The molecule has 1 rings (SSSR count). The molecule has 0 aliphatic rings. The van der Waals surface area contributed by atoms with E-state index in [4.69, 9.17) is 0 Å². The summed E-state index contributed by atoms with van der Waals surface area (Å²) in [6, 6.07) is 3.36. The lowest BCUT2D eigenvalue weighted by molar-refractivity contribution is -0.275. The van der Waals surface area contributed by atoms with Crippen LogP contribution in [-0.4, -0.2) is 21.3 Å². The molecule has 1 aromatic carbocycles. The predicted molar refractivity (Wildman–Crippen MR) is 75.5 cm³/mol. The van der Waals surface area contributed by atoms with Crippen molar-refractivity contribution >= 4 is 26.0 Å². The van der Waals surface area contributed by atoms with Crippen molar-refractivity contribution < 1.29 is 26.3 Å². The van der Waals surface area contributed by atoms with Crippen molar-refractivity contribution in [3.05, 3.63) is 22.7 Å². The summed E-state index contributed by atoms with van der Waals surface area (Å²) < 4.78 is 67.6. The Bertz CT molecular complexity index is 590. The van der Waals surface area contributed by atoms with E-state index < -0.39 is 27.0 Å². The number of halogens is 4. The molecule has 0 fully saturated rings. The average Bonchev–Trinajstić information content (AvgIpc) is 2.33. The van der Waals surface area contributed by atoms with Crippen LogP contribution in [0.3, 0.4) is 0 Å². The molecule has 0 saturated carbocycles. The number of alkyl halides is 3. The second-order valence-electron chi connectivity index (χ2n) is 4.50. The number of hydrogen-bond donors (Lipinski definition) is 1. The maximum atomic E-state index is 12.4. The van der Waals surface area contributed by atoms with Crippen molar-refractivity contribution in [1.29, 1.82) is 0 Å². The predicted octanol–water partition coefficient (Wildman–Crippen LogP) is 3.67. The van der Waals surface area contributed by atoms with E-state index >= 15 is 0 Å². The molecule has 0 bridgehead atoms. The third kappa shape index (κ3) is 5.84. The van der Waals surface area contributed by atoms with Gasteiger partial charge in [-0.1, -0.05) is 36.2 Å². The highest BCUT2D eigenvalue weighted by Gasteiger charge is 2.34. The van der Waals surface area contributed by atoms with E-state index in [2.05, 4.69) is 25.4 Å². The molecule has 1 N–H and O–H groups in total. The number of rotatable bonds is 6. The molecule has 1 atom stereocenters. The lowest BCUT2D eigenvalue weighted by atomic mass is 10.1. The van der Waals surface area contributed by atoms with Gasteiger partial charge in [0.05, 0.1) is 0 Å². The van der Waals surface area contributed by atoms with Gasteiger partial charge in [-0.3, -0.25) is 0 Å². The molecule has 0 aliphatic heterocycles. The van der Waals surface area contributed by atoms with E-state index in [-0.39, 0.29) is 16.9 Å². The molecule has 0 spiro atoms. The molecule has 0 amide bonds. The van der Waals surface area contributed by atoms with Crippen molar-refractivity contribution in [3.63, 3.8) is 0 Å². The third-order valence-electron chi connectivity index (χ3n) is 2.74. The summed E-state index contributed by atoms with van der Waals surface area (Å²) in [5.74, 6) is -0.698. The first-order valence-corrected chi connectivity index (χ1v) is 8.37. The Morgan fingerprint density at radius 2 is 2.00 bits per heavy atom. The minimum atomic E-state index is -4.97. The smallest absolute Gasteiger partial charge is 0.404 e. The molecule has 0 radical (unpaired) electrons. The molecule has 0 aliphatic carbocycles. The maximum absolute atomic E-state index is 12.4. The quantitative estimate of drug-likeness (QED) is 0.807. The summed E-state index contributed by atoms with van der Waals surface area (Å²) in [6.45, 7) is 3.86. The van der Waals surface area contributed by atoms with E-state index in [1.807, 2.05) is 13.8 Å². The van der Waals surface area contributed by atoms with Gasteiger partial charge in [-0.05, 0) is 24.1 Å². The van der Waals surface area contributed by atoms with Crippen LogP contribution in [-0.2, 0) is 10.0 Å². The minimum absolute atomic E-state index is 0.0715. The van der Waals surface area contributed by atoms with Gasteiger partial charge in [0.2, 0.25) is 10.0 Å². The van der Waals surface area contributed by atoms with E-state index in [9.17, 15) is 21.6 Å². The molecule has 120 valence electrons. The van der Waals surface area contributed by atoms with Gasteiger partial charge in [-0.25, -0.2) is 13.1 Å². The third-order valence-corrected chi connectivity index (χ3v) is 4.70. The maximum Gasteiger partial charge on any atom is 0.573 e. The standard InChI is InChI=1S/C12H15BrF3NO3S/c1-3-8(2)7-17-21(18,19)11-5-4-9(13)6-10(11)20-12(14,15)16/h4-6,8,17H,3,7H2,1-2H3. The number of sulfonamides is 1. The zero-order valence-corrected chi connectivity index (χ0v) is 13.8. The van der Waals surface area contributed by atoms with Crippen LogP contribution in [0.15, 0.2) is 27.6 Å². The normalized spacial score (nSPS) is 14.0.